The Balaban J connectivity index is 2.79. The Kier molecular flexibility index (Phi) is 6.74. The number of methoxy groups -OCH3 is 1. The largest absolute Gasteiger partial charge is 0.383 e. The first-order chi connectivity index (χ1) is 9.04. The van der Waals surface area contributed by atoms with Gasteiger partial charge in [0.25, 0.3) is 0 Å². The van der Waals surface area contributed by atoms with Gasteiger partial charge in [0, 0.05) is 20.2 Å². The summed E-state index contributed by atoms with van der Waals surface area (Å²) < 4.78 is 18.3. The third-order valence-electron chi connectivity index (χ3n) is 3.14. The van der Waals surface area contributed by atoms with Crippen molar-refractivity contribution in [3.05, 3.63) is 40.7 Å². The number of hydrogen-bond donors (Lipinski definition) is 1. The van der Waals surface area contributed by atoms with Crippen molar-refractivity contribution in [3.8, 4) is 0 Å². The molecule has 0 radical (unpaired) electrons. The molecule has 3 heteroatoms. The van der Waals surface area contributed by atoms with E-state index in [9.17, 15) is 4.39 Å². The van der Waals surface area contributed by atoms with Crippen molar-refractivity contribution in [2.24, 2.45) is 5.92 Å². The van der Waals surface area contributed by atoms with Crippen LogP contribution >= 0.6 is 0 Å². The van der Waals surface area contributed by atoms with E-state index in [0.717, 1.165) is 24.2 Å². The molecule has 0 fully saturated rings. The van der Waals surface area contributed by atoms with Crippen molar-refractivity contribution in [1.82, 2.24) is 5.32 Å². The van der Waals surface area contributed by atoms with Gasteiger partial charge in [0.15, 0.2) is 0 Å². The van der Waals surface area contributed by atoms with Gasteiger partial charge < -0.3 is 10.1 Å². The predicted molar refractivity (Wildman–Crippen MR) is 78.7 cm³/mol. The molecule has 2 nitrogen and oxygen atoms in total. The maximum atomic E-state index is 13.3. The normalized spacial score (nSPS) is 12.2. The topological polar surface area (TPSA) is 21.3 Å². The van der Waals surface area contributed by atoms with Crippen LogP contribution in [0.3, 0.4) is 0 Å². The van der Waals surface area contributed by atoms with Crippen LogP contribution in [-0.4, -0.2) is 26.8 Å². The summed E-state index contributed by atoms with van der Waals surface area (Å²) in [5.74, 6) is 0.241. The lowest BCUT2D eigenvalue weighted by Crippen LogP contribution is -2.23. The molecule has 0 aliphatic rings. The fourth-order valence-corrected chi connectivity index (χ4v) is 1.80. The van der Waals surface area contributed by atoms with Crippen LogP contribution in [0, 0.1) is 18.7 Å². The van der Waals surface area contributed by atoms with Gasteiger partial charge in [-0.3, -0.25) is 0 Å². The van der Waals surface area contributed by atoms with Gasteiger partial charge in [-0.1, -0.05) is 31.6 Å². The summed E-state index contributed by atoms with van der Waals surface area (Å²) in [6.07, 6.45) is 2.09. The quantitative estimate of drug-likeness (QED) is 0.763. The van der Waals surface area contributed by atoms with Crippen LogP contribution in [0.2, 0.25) is 0 Å². The van der Waals surface area contributed by atoms with Crippen LogP contribution in [0.4, 0.5) is 4.39 Å². The van der Waals surface area contributed by atoms with E-state index in [1.807, 2.05) is 13.0 Å². The minimum atomic E-state index is -0.188. The van der Waals surface area contributed by atoms with Crippen molar-refractivity contribution in [1.29, 1.82) is 0 Å². The highest BCUT2D eigenvalue weighted by Gasteiger charge is 2.05. The first kappa shape index (κ1) is 15.9. The molecule has 1 rings (SSSR count). The Morgan fingerprint density at radius 2 is 2.16 bits per heavy atom. The molecule has 0 saturated heterocycles. The summed E-state index contributed by atoms with van der Waals surface area (Å²) in [5.41, 5.74) is 3.32. The number of halogens is 1. The van der Waals surface area contributed by atoms with Crippen molar-refractivity contribution in [3.63, 3.8) is 0 Å². The number of benzene rings is 1. The smallest absolute Gasteiger partial charge is 0.123 e. The zero-order chi connectivity index (χ0) is 14.3. The number of aryl methyl sites for hydroxylation is 1. The lowest BCUT2D eigenvalue weighted by molar-refractivity contribution is 0.200. The lowest BCUT2D eigenvalue weighted by Gasteiger charge is -2.13. The third kappa shape index (κ3) is 5.53. The number of rotatable bonds is 7. The standard InChI is InChI=1S/C16H24FNO/c1-12(2)15(11-18-7-8-19-4)9-14-10-16(17)6-5-13(14)3/h5-6,9-10,12,18H,7-8,11H2,1-4H3/b15-9-. The zero-order valence-electron chi connectivity index (χ0n) is 12.3. The molecule has 1 aromatic carbocycles. The van der Waals surface area contributed by atoms with Gasteiger partial charge in [-0.2, -0.15) is 0 Å². The van der Waals surface area contributed by atoms with Crippen LogP contribution in [0.15, 0.2) is 23.8 Å². The number of nitrogens with one attached hydrogen (secondary N) is 1. The molecule has 0 heterocycles. The highest BCUT2D eigenvalue weighted by molar-refractivity contribution is 5.57. The van der Waals surface area contributed by atoms with Crippen LogP contribution < -0.4 is 5.32 Å². The summed E-state index contributed by atoms with van der Waals surface area (Å²) in [7, 11) is 1.69. The number of hydrogen-bond acceptors (Lipinski definition) is 2. The van der Waals surface area contributed by atoms with Gasteiger partial charge in [0.2, 0.25) is 0 Å². The van der Waals surface area contributed by atoms with E-state index in [1.165, 1.54) is 11.6 Å². The molecule has 106 valence electrons. The maximum Gasteiger partial charge on any atom is 0.123 e. The summed E-state index contributed by atoms with van der Waals surface area (Å²) >= 11 is 0. The summed E-state index contributed by atoms with van der Waals surface area (Å²) in [4.78, 5) is 0. The molecule has 0 amide bonds. The molecule has 1 N–H and O–H groups in total. The van der Waals surface area contributed by atoms with E-state index < -0.39 is 0 Å². The van der Waals surface area contributed by atoms with Gasteiger partial charge in [0.1, 0.15) is 5.82 Å². The minimum absolute atomic E-state index is 0.188. The van der Waals surface area contributed by atoms with E-state index in [4.69, 9.17) is 4.74 Å². The average Bonchev–Trinajstić information content (AvgIpc) is 2.37. The van der Waals surface area contributed by atoms with Crippen molar-refractivity contribution >= 4 is 6.08 Å². The molecule has 0 spiro atoms. The van der Waals surface area contributed by atoms with Crippen LogP contribution in [-0.2, 0) is 4.74 Å². The molecular weight excluding hydrogens is 241 g/mol. The van der Waals surface area contributed by atoms with E-state index in [2.05, 4.69) is 25.2 Å². The Morgan fingerprint density at radius 1 is 1.42 bits per heavy atom. The monoisotopic (exact) mass is 265 g/mol. The summed E-state index contributed by atoms with van der Waals surface area (Å²) in [5, 5.41) is 3.34. The van der Waals surface area contributed by atoms with Gasteiger partial charge >= 0.3 is 0 Å². The molecule has 0 bridgehead atoms. The molecule has 19 heavy (non-hydrogen) atoms. The van der Waals surface area contributed by atoms with E-state index >= 15 is 0 Å². The van der Waals surface area contributed by atoms with Crippen LogP contribution in [0.1, 0.15) is 25.0 Å². The van der Waals surface area contributed by atoms with Gasteiger partial charge in [-0.05, 0) is 36.1 Å². The molecule has 1 aromatic rings. The second-order valence-corrected chi connectivity index (χ2v) is 5.04. The number of ether oxygens (including phenoxy) is 1. The fourth-order valence-electron chi connectivity index (χ4n) is 1.80. The van der Waals surface area contributed by atoms with Crippen molar-refractivity contribution < 1.29 is 9.13 Å². The van der Waals surface area contributed by atoms with Crippen LogP contribution in [0.25, 0.3) is 6.08 Å². The maximum absolute atomic E-state index is 13.3. The van der Waals surface area contributed by atoms with Gasteiger partial charge in [0.05, 0.1) is 6.61 Å². The molecule has 0 aromatic heterocycles. The predicted octanol–water partition coefficient (Wildman–Crippen LogP) is 3.41. The first-order valence-corrected chi connectivity index (χ1v) is 6.71. The second-order valence-electron chi connectivity index (χ2n) is 5.04. The molecule has 0 atom stereocenters. The third-order valence-corrected chi connectivity index (χ3v) is 3.14. The molecular formula is C16H24FNO. The molecule has 0 saturated carbocycles. The molecule has 0 unspecified atom stereocenters. The Hall–Kier alpha value is -1.19. The SMILES string of the molecule is COCCNC/C(=C/c1cc(F)ccc1C)C(C)C. The molecule has 0 aliphatic carbocycles. The highest BCUT2D eigenvalue weighted by Crippen LogP contribution is 2.18. The summed E-state index contributed by atoms with van der Waals surface area (Å²) in [6, 6.07) is 4.91. The average molecular weight is 265 g/mol. The zero-order valence-corrected chi connectivity index (χ0v) is 12.3. The van der Waals surface area contributed by atoms with E-state index in [-0.39, 0.29) is 5.82 Å². The van der Waals surface area contributed by atoms with E-state index in [0.29, 0.717) is 12.5 Å². The Bertz CT molecular complexity index is 427. The van der Waals surface area contributed by atoms with Crippen molar-refractivity contribution in [2.45, 2.75) is 20.8 Å². The summed E-state index contributed by atoms with van der Waals surface area (Å²) in [6.45, 7) is 8.63. The Morgan fingerprint density at radius 3 is 2.79 bits per heavy atom. The van der Waals surface area contributed by atoms with Gasteiger partial charge in [-0.25, -0.2) is 4.39 Å². The van der Waals surface area contributed by atoms with Crippen LogP contribution in [0.5, 0.6) is 0 Å². The van der Waals surface area contributed by atoms with Crippen molar-refractivity contribution in [2.75, 3.05) is 26.8 Å². The fraction of sp³-hybridized carbons (Fsp3) is 0.500. The molecule has 0 aliphatic heterocycles. The highest BCUT2D eigenvalue weighted by atomic mass is 19.1. The minimum Gasteiger partial charge on any atom is -0.383 e. The Labute approximate surface area is 115 Å². The lowest BCUT2D eigenvalue weighted by atomic mass is 9.98. The first-order valence-electron chi connectivity index (χ1n) is 6.71. The van der Waals surface area contributed by atoms with E-state index in [1.54, 1.807) is 13.2 Å². The second kappa shape index (κ2) is 8.08. The van der Waals surface area contributed by atoms with Gasteiger partial charge in [-0.15, -0.1) is 0 Å².